The van der Waals surface area contributed by atoms with Crippen LogP contribution < -0.4 is 15.4 Å². The standard InChI is InChI=1S/C25H24N2O3/c1-17(23-16-19-10-6-7-11-22(19)30-23)26-24(18-8-4-3-5-9-18)25(28)27-20-12-14-21(29-2)15-13-20/h3-17,24,26H,1-2H3,(H,27,28). The minimum absolute atomic E-state index is 0.144. The van der Waals surface area contributed by atoms with Crippen LogP contribution in [0, 0.1) is 0 Å². The van der Waals surface area contributed by atoms with Gasteiger partial charge in [0, 0.05) is 11.1 Å². The molecule has 3 aromatic carbocycles. The van der Waals surface area contributed by atoms with E-state index in [2.05, 4.69) is 10.6 Å². The summed E-state index contributed by atoms with van der Waals surface area (Å²) in [6.45, 7) is 1.99. The van der Waals surface area contributed by atoms with Crippen LogP contribution in [-0.4, -0.2) is 13.0 Å². The van der Waals surface area contributed by atoms with E-state index in [4.69, 9.17) is 9.15 Å². The van der Waals surface area contributed by atoms with Gasteiger partial charge in [0.15, 0.2) is 0 Å². The lowest BCUT2D eigenvalue weighted by Gasteiger charge is -2.22. The first-order chi connectivity index (χ1) is 14.6. The molecular weight excluding hydrogens is 376 g/mol. The molecule has 0 aliphatic carbocycles. The van der Waals surface area contributed by atoms with Gasteiger partial charge in [-0.1, -0.05) is 48.5 Å². The summed E-state index contributed by atoms with van der Waals surface area (Å²) in [4.78, 5) is 13.2. The van der Waals surface area contributed by atoms with Crippen molar-refractivity contribution in [2.45, 2.75) is 19.0 Å². The van der Waals surface area contributed by atoms with Crippen LogP contribution in [0.1, 0.15) is 30.3 Å². The van der Waals surface area contributed by atoms with E-state index in [1.54, 1.807) is 7.11 Å². The summed E-state index contributed by atoms with van der Waals surface area (Å²) in [7, 11) is 1.61. The van der Waals surface area contributed by atoms with Crippen molar-refractivity contribution in [1.82, 2.24) is 5.32 Å². The molecule has 1 heterocycles. The molecule has 30 heavy (non-hydrogen) atoms. The largest absolute Gasteiger partial charge is 0.497 e. The highest BCUT2D eigenvalue weighted by atomic mass is 16.5. The van der Waals surface area contributed by atoms with Gasteiger partial charge >= 0.3 is 0 Å². The van der Waals surface area contributed by atoms with Crippen LogP contribution in [0.25, 0.3) is 11.0 Å². The Balaban J connectivity index is 1.56. The van der Waals surface area contributed by atoms with Gasteiger partial charge in [0.1, 0.15) is 23.1 Å². The number of carbonyl (C=O) groups is 1. The molecule has 5 heteroatoms. The molecule has 0 fully saturated rings. The smallest absolute Gasteiger partial charge is 0.246 e. The number of carbonyl (C=O) groups excluding carboxylic acids is 1. The summed E-state index contributed by atoms with van der Waals surface area (Å²) < 4.78 is 11.2. The Bertz CT molecular complexity index is 1090. The van der Waals surface area contributed by atoms with Crippen molar-refractivity contribution < 1.29 is 13.9 Å². The van der Waals surface area contributed by atoms with E-state index >= 15 is 0 Å². The lowest BCUT2D eigenvalue weighted by Crippen LogP contribution is -2.34. The molecule has 2 N–H and O–H groups in total. The van der Waals surface area contributed by atoms with Crippen molar-refractivity contribution in [2.75, 3.05) is 12.4 Å². The first-order valence-corrected chi connectivity index (χ1v) is 9.88. The quantitative estimate of drug-likeness (QED) is 0.432. The van der Waals surface area contributed by atoms with E-state index in [9.17, 15) is 4.79 Å². The number of benzene rings is 3. The molecule has 152 valence electrons. The fourth-order valence-corrected chi connectivity index (χ4v) is 3.41. The van der Waals surface area contributed by atoms with Gasteiger partial charge in [-0.05, 0) is 48.9 Å². The van der Waals surface area contributed by atoms with Gasteiger partial charge in [-0.15, -0.1) is 0 Å². The molecule has 2 atom stereocenters. The van der Waals surface area contributed by atoms with Gasteiger partial charge < -0.3 is 14.5 Å². The van der Waals surface area contributed by atoms with Gasteiger partial charge in [-0.3, -0.25) is 10.1 Å². The highest BCUT2D eigenvalue weighted by Gasteiger charge is 2.24. The molecule has 0 saturated carbocycles. The number of amides is 1. The van der Waals surface area contributed by atoms with Crippen LogP contribution in [0.15, 0.2) is 89.3 Å². The van der Waals surface area contributed by atoms with Gasteiger partial charge in [0.2, 0.25) is 5.91 Å². The number of rotatable bonds is 7. The number of para-hydroxylation sites is 1. The van der Waals surface area contributed by atoms with Gasteiger partial charge in [0.25, 0.3) is 0 Å². The summed E-state index contributed by atoms with van der Waals surface area (Å²) in [5.74, 6) is 1.38. The van der Waals surface area contributed by atoms with E-state index in [1.807, 2.05) is 91.9 Å². The molecule has 0 saturated heterocycles. The van der Waals surface area contributed by atoms with Crippen molar-refractivity contribution in [1.29, 1.82) is 0 Å². The predicted octanol–water partition coefficient (Wildman–Crippen LogP) is 5.47. The fraction of sp³-hybridized carbons (Fsp3) is 0.160. The zero-order valence-corrected chi connectivity index (χ0v) is 17.0. The van der Waals surface area contributed by atoms with Crippen molar-refractivity contribution in [3.8, 4) is 5.75 Å². The Kier molecular flexibility index (Phi) is 5.82. The molecule has 0 aliphatic rings. The van der Waals surface area contributed by atoms with E-state index in [0.29, 0.717) is 5.69 Å². The summed E-state index contributed by atoms with van der Waals surface area (Å²) in [5.41, 5.74) is 2.42. The molecule has 2 unspecified atom stereocenters. The van der Waals surface area contributed by atoms with E-state index in [1.165, 1.54) is 0 Å². The predicted molar refractivity (Wildman–Crippen MR) is 119 cm³/mol. The molecule has 1 aromatic heterocycles. The highest BCUT2D eigenvalue weighted by Crippen LogP contribution is 2.27. The zero-order chi connectivity index (χ0) is 20.9. The second-order valence-electron chi connectivity index (χ2n) is 7.14. The number of furan rings is 1. The van der Waals surface area contributed by atoms with Crippen LogP contribution in [0.2, 0.25) is 0 Å². The first kappa shape index (κ1) is 19.7. The second kappa shape index (κ2) is 8.84. The molecule has 0 radical (unpaired) electrons. The summed E-state index contributed by atoms with van der Waals surface area (Å²) in [6.07, 6.45) is 0. The van der Waals surface area contributed by atoms with Crippen LogP contribution in [0.3, 0.4) is 0 Å². The third-order valence-corrected chi connectivity index (χ3v) is 5.04. The second-order valence-corrected chi connectivity index (χ2v) is 7.14. The minimum Gasteiger partial charge on any atom is -0.497 e. The molecule has 0 bridgehead atoms. The fourth-order valence-electron chi connectivity index (χ4n) is 3.41. The molecule has 0 spiro atoms. The van der Waals surface area contributed by atoms with Crippen LogP contribution in [0.5, 0.6) is 5.75 Å². The summed E-state index contributed by atoms with van der Waals surface area (Å²) in [5, 5.41) is 7.45. The van der Waals surface area contributed by atoms with Crippen molar-refractivity contribution in [3.05, 3.63) is 96.3 Å². The van der Waals surface area contributed by atoms with Crippen molar-refractivity contribution in [3.63, 3.8) is 0 Å². The highest BCUT2D eigenvalue weighted by molar-refractivity contribution is 5.95. The average molecular weight is 400 g/mol. The molecule has 5 nitrogen and oxygen atoms in total. The SMILES string of the molecule is COc1ccc(NC(=O)C(NC(C)c2cc3ccccc3o2)c2ccccc2)cc1. The van der Waals surface area contributed by atoms with E-state index < -0.39 is 6.04 Å². The van der Waals surface area contributed by atoms with Crippen LogP contribution in [-0.2, 0) is 4.79 Å². The Labute approximate surface area is 175 Å². The lowest BCUT2D eigenvalue weighted by atomic mass is 10.0. The maximum absolute atomic E-state index is 13.2. The summed E-state index contributed by atoms with van der Waals surface area (Å²) in [6, 6.07) is 26.1. The van der Waals surface area contributed by atoms with Crippen molar-refractivity contribution in [2.24, 2.45) is 0 Å². The van der Waals surface area contributed by atoms with Gasteiger partial charge in [0.05, 0.1) is 13.2 Å². The molecule has 1 amide bonds. The van der Waals surface area contributed by atoms with Gasteiger partial charge in [-0.2, -0.15) is 0 Å². The number of hydrogen-bond acceptors (Lipinski definition) is 4. The Morgan fingerprint density at radius 1 is 0.933 bits per heavy atom. The maximum atomic E-state index is 13.2. The molecule has 4 rings (SSSR count). The number of anilines is 1. The van der Waals surface area contributed by atoms with Crippen LogP contribution >= 0.6 is 0 Å². The first-order valence-electron chi connectivity index (χ1n) is 9.88. The van der Waals surface area contributed by atoms with Gasteiger partial charge in [-0.25, -0.2) is 0 Å². The molecule has 0 aliphatic heterocycles. The Morgan fingerprint density at radius 2 is 1.63 bits per heavy atom. The Morgan fingerprint density at radius 3 is 2.33 bits per heavy atom. The zero-order valence-electron chi connectivity index (χ0n) is 17.0. The summed E-state index contributed by atoms with van der Waals surface area (Å²) >= 11 is 0. The monoisotopic (exact) mass is 400 g/mol. The molecular formula is C25H24N2O3. The van der Waals surface area contributed by atoms with E-state index in [-0.39, 0.29) is 11.9 Å². The third kappa shape index (κ3) is 4.36. The minimum atomic E-state index is -0.545. The Hall–Kier alpha value is -3.57. The van der Waals surface area contributed by atoms with Crippen molar-refractivity contribution >= 4 is 22.6 Å². The normalized spacial score (nSPS) is 13.0. The number of ether oxygens (including phenoxy) is 1. The third-order valence-electron chi connectivity index (χ3n) is 5.04. The topological polar surface area (TPSA) is 63.5 Å². The van der Waals surface area contributed by atoms with E-state index in [0.717, 1.165) is 28.0 Å². The molecule has 4 aromatic rings. The number of fused-ring (bicyclic) bond motifs is 1. The maximum Gasteiger partial charge on any atom is 0.246 e. The number of nitrogens with one attached hydrogen (secondary N) is 2. The number of hydrogen-bond donors (Lipinski definition) is 2. The lowest BCUT2D eigenvalue weighted by molar-refractivity contribution is -0.118. The van der Waals surface area contributed by atoms with Crippen LogP contribution in [0.4, 0.5) is 5.69 Å². The number of methoxy groups -OCH3 is 1. The average Bonchev–Trinajstić information content (AvgIpc) is 3.23.